The highest BCUT2D eigenvalue weighted by Crippen LogP contribution is 2.13. The lowest BCUT2D eigenvalue weighted by Gasteiger charge is -2.19. The number of rotatable bonds is 21. The SMILES string of the molecule is CCCCCCCCCCCCCCCC(=O)N[C@@H](Cc1ccccc1)C(=O)OCC(O)CO. The van der Waals surface area contributed by atoms with Crippen molar-refractivity contribution in [3.8, 4) is 0 Å². The first kappa shape index (κ1) is 30.1. The molecule has 0 heterocycles. The summed E-state index contributed by atoms with van der Waals surface area (Å²) in [5.41, 5.74) is 0.911. The monoisotopic (exact) mass is 477 g/mol. The van der Waals surface area contributed by atoms with Crippen LogP contribution in [0.15, 0.2) is 30.3 Å². The van der Waals surface area contributed by atoms with Crippen molar-refractivity contribution in [2.45, 2.75) is 115 Å². The fourth-order valence-electron chi connectivity index (χ4n) is 3.94. The summed E-state index contributed by atoms with van der Waals surface area (Å²) in [4.78, 5) is 24.9. The van der Waals surface area contributed by atoms with E-state index in [1.54, 1.807) is 0 Å². The topological polar surface area (TPSA) is 95.9 Å². The number of aliphatic hydroxyl groups excluding tert-OH is 2. The fourth-order valence-corrected chi connectivity index (χ4v) is 3.94. The smallest absolute Gasteiger partial charge is 0.329 e. The number of carbonyl (C=O) groups excluding carboxylic acids is 2. The minimum absolute atomic E-state index is 0.163. The van der Waals surface area contributed by atoms with E-state index in [-0.39, 0.29) is 12.5 Å². The van der Waals surface area contributed by atoms with Crippen molar-refractivity contribution in [1.29, 1.82) is 0 Å². The Morgan fingerprint density at radius 2 is 1.38 bits per heavy atom. The van der Waals surface area contributed by atoms with Crippen molar-refractivity contribution >= 4 is 11.9 Å². The number of amides is 1. The third-order valence-electron chi connectivity index (χ3n) is 6.04. The molecule has 1 amide bonds. The van der Waals surface area contributed by atoms with Crippen molar-refractivity contribution in [2.24, 2.45) is 0 Å². The Labute approximate surface area is 206 Å². The van der Waals surface area contributed by atoms with E-state index >= 15 is 0 Å². The number of esters is 1. The molecule has 0 aliphatic heterocycles. The van der Waals surface area contributed by atoms with Gasteiger partial charge in [-0.05, 0) is 12.0 Å². The van der Waals surface area contributed by atoms with Gasteiger partial charge >= 0.3 is 5.97 Å². The van der Waals surface area contributed by atoms with Gasteiger partial charge in [-0.15, -0.1) is 0 Å². The van der Waals surface area contributed by atoms with Gasteiger partial charge in [0, 0.05) is 12.8 Å². The zero-order valence-electron chi connectivity index (χ0n) is 21.2. The standard InChI is InChI=1S/C28H47NO5/c1-2-3-4-5-6-7-8-9-10-11-12-13-17-20-27(32)29-26(21-24-18-15-14-16-19-24)28(33)34-23-25(31)22-30/h14-16,18-19,25-26,30-31H,2-13,17,20-23H2,1H3,(H,29,32)/t25?,26-/m0/s1. The Morgan fingerprint density at radius 1 is 0.853 bits per heavy atom. The zero-order valence-corrected chi connectivity index (χ0v) is 21.2. The second kappa shape index (κ2) is 20.5. The molecule has 0 saturated carbocycles. The van der Waals surface area contributed by atoms with Crippen molar-refractivity contribution in [3.63, 3.8) is 0 Å². The molecule has 1 rings (SSSR count). The molecular weight excluding hydrogens is 430 g/mol. The summed E-state index contributed by atoms with van der Waals surface area (Å²) in [5.74, 6) is -0.765. The Morgan fingerprint density at radius 3 is 1.91 bits per heavy atom. The highest BCUT2D eigenvalue weighted by molar-refractivity contribution is 5.84. The third kappa shape index (κ3) is 15.8. The molecule has 0 aromatic heterocycles. The lowest BCUT2D eigenvalue weighted by Crippen LogP contribution is -2.44. The van der Waals surface area contributed by atoms with Crippen molar-refractivity contribution in [3.05, 3.63) is 35.9 Å². The van der Waals surface area contributed by atoms with Crippen LogP contribution >= 0.6 is 0 Å². The first-order chi connectivity index (χ1) is 16.6. The van der Waals surface area contributed by atoms with Crippen LogP contribution in [0.2, 0.25) is 0 Å². The van der Waals surface area contributed by atoms with Gasteiger partial charge in [0.05, 0.1) is 6.61 Å². The summed E-state index contributed by atoms with van der Waals surface area (Å²) in [5, 5.41) is 21.1. The molecule has 3 N–H and O–H groups in total. The summed E-state index contributed by atoms with van der Waals surface area (Å²) >= 11 is 0. The van der Waals surface area contributed by atoms with Crippen molar-refractivity contribution < 1.29 is 24.5 Å². The average Bonchev–Trinajstić information content (AvgIpc) is 2.85. The van der Waals surface area contributed by atoms with Crippen LogP contribution < -0.4 is 5.32 Å². The van der Waals surface area contributed by atoms with E-state index in [0.717, 1.165) is 24.8 Å². The Kier molecular flexibility index (Phi) is 18.1. The van der Waals surface area contributed by atoms with Gasteiger partial charge < -0.3 is 20.3 Å². The predicted molar refractivity (Wildman–Crippen MR) is 136 cm³/mol. The molecule has 0 radical (unpaired) electrons. The van der Waals surface area contributed by atoms with Crippen LogP contribution in [0.25, 0.3) is 0 Å². The third-order valence-corrected chi connectivity index (χ3v) is 6.04. The molecule has 0 spiro atoms. The highest BCUT2D eigenvalue weighted by Gasteiger charge is 2.23. The Bertz CT molecular complexity index is 637. The minimum Gasteiger partial charge on any atom is -0.461 e. The minimum atomic E-state index is -1.12. The van der Waals surface area contributed by atoms with Gasteiger partial charge in [-0.2, -0.15) is 0 Å². The summed E-state index contributed by atoms with van der Waals surface area (Å²) in [6, 6.07) is 8.61. The summed E-state index contributed by atoms with van der Waals surface area (Å²) in [6.07, 6.45) is 15.8. The molecule has 2 atom stereocenters. The van der Waals surface area contributed by atoms with Crippen LogP contribution in [0.3, 0.4) is 0 Å². The number of nitrogens with one attached hydrogen (secondary N) is 1. The molecule has 0 saturated heterocycles. The maximum atomic E-state index is 12.5. The van der Waals surface area contributed by atoms with Gasteiger partial charge in [0.25, 0.3) is 0 Å². The molecule has 0 bridgehead atoms. The van der Waals surface area contributed by atoms with Crippen LogP contribution in [-0.2, 0) is 20.7 Å². The maximum Gasteiger partial charge on any atom is 0.329 e. The lowest BCUT2D eigenvalue weighted by atomic mass is 10.0. The Hall–Kier alpha value is -1.92. The van der Waals surface area contributed by atoms with Gasteiger partial charge in [0.1, 0.15) is 18.8 Å². The van der Waals surface area contributed by atoms with Crippen molar-refractivity contribution in [1.82, 2.24) is 5.32 Å². The van der Waals surface area contributed by atoms with Gasteiger partial charge in [-0.25, -0.2) is 4.79 Å². The number of hydrogen-bond donors (Lipinski definition) is 3. The molecule has 6 heteroatoms. The largest absolute Gasteiger partial charge is 0.461 e. The van der Waals surface area contributed by atoms with E-state index in [9.17, 15) is 14.7 Å². The molecule has 0 aliphatic rings. The molecule has 6 nitrogen and oxygen atoms in total. The maximum absolute atomic E-state index is 12.5. The molecule has 34 heavy (non-hydrogen) atoms. The van der Waals surface area contributed by atoms with Crippen LogP contribution in [0.4, 0.5) is 0 Å². The van der Waals surface area contributed by atoms with E-state index in [4.69, 9.17) is 9.84 Å². The predicted octanol–water partition coefficient (Wildman–Crippen LogP) is 5.09. The van der Waals surface area contributed by atoms with Gasteiger partial charge in [-0.1, -0.05) is 114 Å². The number of carbonyl (C=O) groups is 2. The molecular formula is C28H47NO5. The Balaban J connectivity index is 2.22. The van der Waals surface area contributed by atoms with Crippen LogP contribution in [0, 0.1) is 0 Å². The first-order valence-corrected chi connectivity index (χ1v) is 13.4. The van der Waals surface area contributed by atoms with Gasteiger partial charge in [0.2, 0.25) is 5.91 Å². The zero-order chi connectivity index (χ0) is 24.9. The molecule has 194 valence electrons. The van der Waals surface area contributed by atoms with Crippen LogP contribution in [0.1, 0.15) is 102 Å². The van der Waals surface area contributed by atoms with E-state index in [0.29, 0.717) is 12.8 Å². The number of hydrogen-bond acceptors (Lipinski definition) is 5. The second-order valence-electron chi connectivity index (χ2n) is 9.27. The van der Waals surface area contributed by atoms with Crippen LogP contribution in [0.5, 0.6) is 0 Å². The number of benzene rings is 1. The van der Waals surface area contributed by atoms with E-state index in [2.05, 4.69) is 12.2 Å². The van der Waals surface area contributed by atoms with Gasteiger partial charge in [0.15, 0.2) is 0 Å². The summed E-state index contributed by atoms with van der Waals surface area (Å²) < 4.78 is 5.09. The van der Waals surface area contributed by atoms with Crippen molar-refractivity contribution in [2.75, 3.05) is 13.2 Å². The van der Waals surface area contributed by atoms with Gasteiger partial charge in [-0.3, -0.25) is 4.79 Å². The lowest BCUT2D eigenvalue weighted by molar-refractivity contribution is -0.151. The highest BCUT2D eigenvalue weighted by atomic mass is 16.5. The normalized spacial score (nSPS) is 12.8. The fraction of sp³-hybridized carbons (Fsp3) is 0.714. The average molecular weight is 478 g/mol. The first-order valence-electron chi connectivity index (χ1n) is 13.4. The molecule has 0 aliphatic carbocycles. The van der Waals surface area contributed by atoms with E-state index in [1.165, 1.54) is 64.2 Å². The molecule has 1 aromatic carbocycles. The number of aliphatic hydroxyl groups is 2. The number of ether oxygens (including phenoxy) is 1. The quantitative estimate of drug-likeness (QED) is 0.169. The molecule has 1 unspecified atom stereocenters. The van der Waals surface area contributed by atoms with Crippen LogP contribution in [-0.4, -0.2) is 47.4 Å². The molecule has 1 aromatic rings. The second-order valence-corrected chi connectivity index (χ2v) is 9.27. The molecule has 0 fully saturated rings. The van der Waals surface area contributed by atoms with E-state index < -0.39 is 24.7 Å². The van der Waals surface area contributed by atoms with E-state index in [1.807, 2.05) is 30.3 Å². The summed E-state index contributed by atoms with van der Waals surface area (Å²) in [7, 11) is 0. The number of unbranched alkanes of at least 4 members (excludes halogenated alkanes) is 12. The summed E-state index contributed by atoms with van der Waals surface area (Å²) in [6.45, 7) is 1.47.